The minimum Gasteiger partial charge on any atom is -0.508 e. The number of nitrogens with zero attached hydrogens (tertiary/aromatic N) is 2. The highest BCUT2D eigenvalue weighted by Gasteiger charge is 2.26. The molecule has 0 fully saturated rings. The third kappa shape index (κ3) is 3.59. The van der Waals surface area contributed by atoms with E-state index in [0.717, 1.165) is 6.07 Å². The molecule has 0 radical (unpaired) electrons. The number of nitrogens with two attached hydrogens (primary N) is 2. The fourth-order valence-electron chi connectivity index (χ4n) is 2.92. The number of imidazole rings is 1. The molecule has 3 aromatic rings. The molecule has 0 bridgehead atoms. The summed E-state index contributed by atoms with van der Waals surface area (Å²) in [5.41, 5.74) is 12.8. The minimum atomic E-state index is -0.921. The number of anilines is 2. The van der Waals surface area contributed by atoms with Crippen molar-refractivity contribution in [2.45, 2.75) is 13.8 Å². The number of benzene rings is 2. The highest BCUT2D eigenvalue weighted by molar-refractivity contribution is 6.31. The van der Waals surface area contributed by atoms with E-state index in [4.69, 9.17) is 23.1 Å². The standard InChI is InChI=1S/C19H17ClFN5O3/c1-8-3-6-13(27)9(2)15(8)26-16(22)14(17(23)28)25-18(26)19(29)24-10-4-5-12(21)11(20)7-10/h3-7,27H,22H2,1-2H3,(H2,23,28)(H,24,29). The summed E-state index contributed by atoms with van der Waals surface area (Å²) in [5, 5.41) is 12.4. The lowest BCUT2D eigenvalue weighted by Crippen LogP contribution is -2.19. The van der Waals surface area contributed by atoms with Gasteiger partial charge in [-0.05, 0) is 43.7 Å². The van der Waals surface area contributed by atoms with Crippen molar-refractivity contribution < 1.29 is 19.1 Å². The number of nitrogen functional groups attached to an aromatic ring is 1. The number of primary amides is 1. The first-order valence-corrected chi connectivity index (χ1v) is 8.73. The van der Waals surface area contributed by atoms with Gasteiger partial charge in [-0.3, -0.25) is 14.2 Å². The second kappa shape index (κ2) is 7.44. The van der Waals surface area contributed by atoms with Gasteiger partial charge >= 0.3 is 0 Å². The molecule has 0 saturated heterocycles. The Morgan fingerprint density at radius 2 is 1.93 bits per heavy atom. The Kier molecular flexibility index (Phi) is 5.17. The van der Waals surface area contributed by atoms with Crippen LogP contribution in [0.25, 0.3) is 5.69 Å². The van der Waals surface area contributed by atoms with Gasteiger partial charge in [-0.1, -0.05) is 17.7 Å². The fourth-order valence-corrected chi connectivity index (χ4v) is 3.10. The van der Waals surface area contributed by atoms with Gasteiger partial charge in [0.2, 0.25) is 5.82 Å². The zero-order chi connectivity index (χ0) is 21.5. The summed E-state index contributed by atoms with van der Waals surface area (Å²) >= 11 is 5.74. The van der Waals surface area contributed by atoms with Crippen LogP contribution in [0.5, 0.6) is 5.75 Å². The maximum atomic E-state index is 13.4. The molecule has 0 aliphatic carbocycles. The lowest BCUT2D eigenvalue weighted by Gasteiger charge is -2.16. The molecular weight excluding hydrogens is 401 g/mol. The Morgan fingerprint density at radius 1 is 1.24 bits per heavy atom. The third-order valence-electron chi connectivity index (χ3n) is 4.35. The Labute approximate surface area is 169 Å². The average Bonchev–Trinajstić information content (AvgIpc) is 2.99. The summed E-state index contributed by atoms with van der Waals surface area (Å²) < 4.78 is 14.6. The largest absolute Gasteiger partial charge is 0.508 e. The van der Waals surface area contributed by atoms with Crippen LogP contribution in [0, 0.1) is 19.7 Å². The van der Waals surface area contributed by atoms with Crippen LogP contribution >= 0.6 is 11.6 Å². The topological polar surface area (TPSA) is 136 Å². The van der Waals surface area contributed by atoms with Crippen LogP contribution in [0.2, 0.25) is 5.02 Å². The van der Waals surface area contributed by atoms with Gasteiger partial charge in [0.05, 0.1) is 10.7 Å². The van der Waals surface area contributed by atoms with E-state index in [1.165, 1.54) is 22.8 Å². The summed E-state index contributed by atoms with van der Waals surface area (Å²) in [6.45, 7) is 3.37. The Hall–Kier alpha value is -3.59. The molecule has 150 valence electrons. The van der Waals surface area contributed by atoms with Gasteiger partial charge in [-0.25, -0.2) is 9.37 Å². The number of carbonyl (C=O) groups is 2. The smallest absolute Gasteiger partial charge is 0.292 e. The number of aryl methyl sites for hydroxylation is 1. The number of aromatic nitrogens is 2. The SMILES string of the molecule is Cc1ccc(O)c(C)c1-n1c(C(=O)Nc2ccc(F)c(Cl)c2)nc(C(N)=O)c1N. The summed E-state index contributed by atoms with van der Waals surface area (Å²) in [7, 11) is 0. The zero-order valence-corrected chi connectivity index (χ0v) is 16.2. The van der Waals surface area contributed by atoms with Gasteiger partial charge in [0.1, 0.15) is 17.4 Å². The van der Waals surface area contributed by atoms with Crippen LogP contribution < -0.4 is 16.8 Å². The molecule has 1 heterocycles. The number of hydrogen-bond donors (Lipinski definition) is 4. The molecule has 6 N–H and O–H groups in total. The second-order valence-corrected chi connectivity index (χ2v) is 6.73. The third-order valence-corrected chi connectivity index (χ3v) is 4.64. The molecule has 10 heteroatoms. The molecule has 29 heavy (non-hydrogen) atoms. The monoisotopic (exact) mass is 417 g/mol. The van der Waals surface area contributed by atoms with Crippen molar-refractivity contribution >= 4 is 34.9 Å². The van der Waals surface area contributed by atoms with Crippen LogP contribution in [-0.4, -0.2) is 26.5 Å². The van der Waals surface area contributed by atoms with Crippen molar-refractivity contribution in [3.8, 4) is 11.4 Å². The maximum absolute atomic E-state index is 13.4. The normalized spacial score (nSPS) is 10.8. The Morgan fingerprint density at radius 3 is 2.55 bits per heavy atom. The number of hydrogen-bond acceptors (Lipinski definition) is 5. The highest BCUT2D eigenvalue weighted by atomic mass is 35.5. The lowest BCUT2D eigenvalue weighted by molar-refractivity contribution is 0.0997. The molecule has 0 aliphatic rings. The van der Waals surface area contributed by atoms with E-state index < -0.39 is 17.6 Å². The predicted molar refractivity (Wildman–Crippen MR) is 107 cm³/mol. The van der Waals surface area contributed by atoms with Crippen molar-refractivity contribution in [2.75, 3.05) is 11.1 Å². The molecule has 2 aromatic carbocycles. The first-order chi connectivity index (χ1) is 13.6. The number of amides is 2. The first-order valence-electron chi connectivity index (χ1n) is 8.35. The van der Waals surface area contributed by atoms with Crippen molar-refractivity contribution in [3.63, 3.8) is 0 Å². The number of halogens is 2. The van der Waals surface area contributed by atoms with Gasteiger partial charge in [0.15, 0.2) is 5.69 Å². The molecule has 1 aromatic heterocycles. The van der Waals surface area contributed by atoms with Gasteiger partial charge in [-0.15, -0.1) is 0 Å². The summed E-state index contributed by atoms with van der Waals surface area (Å²) in [6, 6.07) is 6.76. The van der Waals surface area contributed by atoms with Crippen molar-refractivity contribution in [2.24, 2.45) is 5.73 Å². The second-order valence-electron chi connectivity index (χ2n) is 6.33. The number of aromatic hydroxyl groups is 1. The minimum absolute atomic E-state index is 0.0315. The highest BCUT2D eigenvalue weighted by Crippen LogP contribution is 2.31. The Balaban J connectivity index is 2.18. The van der Waals surface area contributed by atoms with Crippen LogP contribution in [0.3, 0.4) is 0 Å². The summed E-state index contributed by atoms with van der Waals surface area (Å²) in [5.74, 6) is -2.73. The molecule has 8 nitrogen and oxygen atoms in total. The van der Waals surface area contributed by atoms with Crippen molar-refractivity contribution in [1.29, 1.82) is 0 Å². The average molecular weight is 418 g/mol. The summed E-state index contributed by atoms with van der Waals surface area (Å²) in [6.07, 6.45) is 0. The molecule has 2 amide bonds. The van der Waals surface area contributed by atoms with E-state index in [1.807, 2.05) is 0 Å². The maximum Gasteiger partial charge on any atom is 0.292 e. The number of carbonyl (C=O) groups excluding carboxylic acids is 2. The summed E-state index contributed by atoms with van der Waals surface area (Å²) in [4.78, 5) is 28.6. The van der Waals surface area contributed by atoms with Gasteiger partial charge in [0.25, 0.3) is 11.8 Å². The molecule has 0 aliphatic heterocycles. The molecule has 0 unspecified atom stereocenters. The van der Waals surface area contributed by atoms with Crippen molar-refractivity contribution in [1.82, 2.24) is 9.55 Å². The van der Waals surface area contributed by atoms with Gasteiger partial charge in [0, 0.05) is 11.3 Å². The number of nitrogens with one attached hydrogen (secondary N) is 1. The zero-order valence-electron chi connectivity index (χ0n) is 15.5. The number of phenols is 1. The van der Waals surface area contributed by atoms with E-state index in [1.54, 1.807) is 19.9 Å². The first kappa shape index (κ1) is 20.2. The molecule has 0 atom stereocenters. The predicted octanol–water partition coefficient (Wildman–Crippen LogP) is 2.92. The van der Waals surface area contributed by atoms with Crippen LogP contribution in [0.4, 0.5) is 15.9 Å². The number of rotatable bonds is 4. The van der Waals surface area contributed by atoms with E-state index >= 15 is 0 Å². The van der Waals surface area contributed by atoms with E-state index in [-0.39, 0.29) is 33.8 Å². The van der Waals surface area contributed by atoms with Gasteiger partial charge in [-0.2, -0.15) is 0 Å². The van der Waals surface area contributed by atoms with E-state index in [9.17, 15) is 19.1 Å². The van der Waals surface area contributed by atoms with E-state index in [2.05, 4.69) is 10.3 Å². The lowest BCUT2D eigenvalue weighted by atomic mass is 10.1. The van der Waals surface area contributed by atoms with Crippen LogP contribution in [-0.2, 0) is 0 Å². The fraction of sp³-hybridized carbons (Fsp3) is 0.105. The molecule has 0 saturated carbocycles. The van der Waals surface area contributed by atoms with Crippen LogP contribution in [0.15, 0.2) is 30.3 Å². The Bertz CT molecular complexity index is 1160. The molecule has 0 spiro atoms. The van der Waals surface area contributed by atoms with Gasteiger partial charge < -0.3 is 21.9 Å². The molecular formula is C19H17ClFN5O3. The van der Waals surface area contributed by atoms with Crippen molar-refractivity contribution in [3.05, 3.63) is 63.8 Å². The number of phenolic OH excluding ortho intramolecular Hbond substituents is 1. The van der Waals surface area contributed by atoms with E-state index in [0.29, 0.717) is 16.8 Å². The van der Waals surface area contributed by atoms with Crippen LogP contribution in [0.1, 0.15) is 32.2 Å². The quantitative estimate of drug-likeness (QED) is 0.517. The molecule has 3 rings (SSSR count).